The lowest BCUT2D eigenvalue weighted by Gasteiger charge is -2.08. The molecule has 4 nitrogen and oxygen atoms in total. The molecule has 19 heavy (non-hydrogen) atoms. The first-order valence-corrected chi connectivity index (χ1v) is 5.74. The van der Waals surface area contributed by atoms with Gasteiger partial charge >= 0.3 is 0 Å². The number of rotatable bonds is 3. The van der Waals surface area contributed by atoms with Crippen molar-refractivity contribution >= 4 is 23.2 Å². The van der Waals surface area contributed by atoms with Crippen LogP contribution in [0.5, 0.6) is 5.75 Å². The van der Waals surface area contributed by atoms with Crippen molar-refractivity contribution in [2.24, 2.45) is 0 Å². The third-order valence-corrected chi connectivity index (χ3v) is 2.73. The van der Waals surface area contributed by atoms with Crippen molar-refractivity contribution in [3.63, 3.8) is 0 Å². The first kappa shape index (κ1) is 13.3. The molecule has 6 heteroatoms. The number of nitrogens with zero attached hydrogens (tertiary/aromatic N) is 1. The molecule has 0 aliphatic carbocycles. The fraction of sp³-hybridized carbons (Fsp3) is 0.0769. The zero-order chi connectivity index (χ0) is 13.8. The van der Waals surface area contributed by atoms with Crippen LogP contribution in [0.4, 0.5) is 10.1 Å². The van der Waals surface area contributed by atoms with Crippen LogP contribution in [-0.2, 0) is 0 Å². The number of aromatic nitrogens is 1. The lowest BCUT2D eigenvalue weighted by Crippen LogP contribution is -2.12. The highest BCUT2D eigenvalue weighted by Crippen LogP contribution is 2.22. The van der Waals surface area contributed by atoms with E-state index in [4.69, 9.17) is 16.3 Å². The summed E-state index contributed by atoms with van der Waals surface area (Å²) in [6, 6.07) is 5.54. The number of methoxy groups -OCH3 is 1. The van der Waals surface area contributed by atoms with Crippen molar-refractivity contribution < 1.29 is 13.9 Å². The SMILES string of the molecule is COc1cc(NC(=O)c2ccncc2Cl)ccc1F. The molecule has 1 aromatic heterocycles. The highest BCUT2D eigenvalue weighted by molar-refractivity contribution is 6.34. The zero-order valence-corrected chi connectivity index (χ0v) is 10.7. The number of amides is 1. The molecular formula is C13H10ClFN2O2. The molecule has 0 spiro atoms. The summed E-state index contributed by atoms with van der Waals surface area (Å²) in [6.07, 6.45) is 2.84. The number of ether oxygens (including phenoxy) is 1. The molecule has 1 amide bonds. The third-order valence-electron chi connectivity index (χ3n) is 2.43. The van der Waals surface area contributed by atoms with E-state index in [1.807, 2.05) is 0 Å². The fourth-order valence-corrected chi connectivity index (χ4v) is 1.70. The quantitative estimate of drug-likeness (QED) is 0.940. The second-order valence-electron chi connectivity index (χ2n) is 3.66. The van der Waals surface area contributed by atoms with Crippen molar-refractivity contribution in [3.8, 4) is 5.75 Å². The molecule has 1 N–H and O–H groups in total. The Labute approximate surface area is 114 Å². The second kappa shape index (κ2) is 5.67. The molecule has 1 heterocycles. The number of carbonyl (C=O) groups excluding carboxylic acids is 1. The molecule has 0 bridgehead atoms. The van der Waals surface area contributed by atoms with Crippen LogP contribution in [0.3, 0.4) is 0 Å². The van der Waals surface area contributed by atoms with E-state index in [1.165, 1.54) is 43.8 Å². The van der Waals surface area contributed by atoms with E-state index in [1.54, 1.807) is 0 Å². The van der Waals surface area contributed by atoms with Gasteiger partial charge in [-0.15, -0.1) is 0 Å². The van der Waals surface area contributed by atoms with E-state index in [-0.39, 0.29) is 10.8 Å². The molecule has 2 aromatic rings. The Bertz CT molecular complexity index is 619. The van der Waals surface area contributed by atoms with Crippen LogP contribution in [-0.4, -0.2) is 18.0 Å². The first-order chi connectivity index (χ1) is 9.11. The minimum Gasteiger partial charge on any atom is -0.494 e. The minimum atomic E-state index is -0.498. The monoisotopic (exact) mass is 280 g/mol. The van der Waals surface area contributed by atoms with E-state index in [0.29, 0.717) is 11.3 Å². The Hall–Kier alpha value is -2.14. The summed E-state index contributed by atoms with van der Waals surface area (Å²) in [6.45, 7) is 0. The highest BCUT2D eigenvalue weighted by atomic mass is 35.5. The molecule has 0 aliphatic rings. The Morgan fingerprint density at radius 1 is 1.42 bits per heavy atom. The first-order valence-electron chi connectivity index (χ1n) is 5.36. The van der Waals surface area contributed by atoms with Gasteiger partial charge in [0.2, 0.25) is 0 Å². The maximum Gasteiger partial charge on any atom is 0.257 e. The van der Waals surface area contributed by atoms with Gasteiger partial charge in [0, 0.05) is 24.1 Å². The number of carbonyl (C=O) groups is 1. The predicted octanol–water partition coefficient (Wildman–Crippen LogP) is 3.14. The molecule has 0 aliphatic heterocycles. The highest BCUT2D eigenvalue weighted by Gasteiger charge is 2.11. The second-order valence-corrected chi connectivity index (χ2v) is 4.07. The van der Waals surface area contributed by atoms with E-state index in [0.717, 1.165) is 0 Å². The molecule has 0 unspecified atom stereocenters. The molecule has 0 saturated carbocycles. The molecular weight excluding hydrogens is 271 g/mol. The summed E-state index contributed by atoms with van der Waals surface area (Å²) < 4.78 is 18.1. The number of hydrogen-bond acceptors (Lipinski definition) is 3. The topological polar surface area (TPSA) is 51.2 Å². The standard InChI is InChI=1S/C13H10ClFN2O2/c1-19-12-6-8(2-3-11(12)15)17-13(18)9-4-5-16-7-10(9)14/h2-7H,1H3,(H,17,18). The van der Waals surface area contributed by atoms with Gasteiger partial charge in [0.1, 0.15) is 0 Å². The van der Waals surface area contributed by atoms with Gasteiger partial charge in [-0.05, 0) is 18.2 Å². The van der Waals surface area contributed by atoms with Crippen LogP contribution in [0.25, 0.3) is 0 Å². The molecule has 0 fully saturated rings. The van der Waals surface area contributed by atoms with Crippen LogP contribution in [0.2, 0.25) is 5.02 Å². The number of anilines is 1. The number of nitrogens with one attached hydrogen (secondary N) is 1. The Kier molecular flexibility index (Phi) is 3.97. The summed E-state index contributed by atoms with van der Waals surface area (Å²) >= 11 is 5.86. The number of pyridine rings is 1. The van der Waals surface area contributed by atoms with Crippen molar-refractivity contribution in [1.29, 1.82) is 0 Å². The summed E-state index contributed by atoms with van der Waals surface area (Å²) in [7, 11) is 1.35. The van der Waals surface area contributed by atoms with Crippen molar-refractivity contribution in [3.05, 3.63) is 53.1 Å². The summed E-state index contributed by atoms with van der Waals surface area (Å²) in [5, 5.41) is 2.85. The normalized spacial score (nSPS) is 10.1. The number of hydrogen-bond donors (Lipinski definition) is 1. The van der Waals surface area contributed by atoms with Crippen molar-refractivity contribution in [2.45, 2.75) is 0 Å². The Balaban J connectivity index is 2.22. The van der Waals surface area contributed by atoms with Crippen LogP contribution in [0.15, 0.2) is 36.7 Å². The molecule has 1 aromatic carbocycles. The van der Waals surface area contributed by atoms with Crippen molar-refractivity contribution in [2.75, 3.05) is 12.4 Å². The Morgan fingerprint density at radius 2 is 2.21 bits per heavy atom. The van der Waals surface area contributed by atoms with Gasteiger partial charge < -0.3 is 10.1 Å². The summed E-state index contributed by atoms with van der Waals surface area (Å²) in [5.41, 5.74) is 0.705. The van der Waals surface area contributed by atoms with Gasteiger partial charge in [0.25, 0.3) is 5.91 Å². The van der Waals surface area contributed by atoms with Gasteiger partial charge in [-0.25, -0.2) is 4.39 Å². The summed E-state index contributed by atoms with van der Waals surface area (Å²) in [4.78, 5) is 15.8. The van der Waals surface area contributed by atoms with E-state index in [9.17, 15) is 9.18 Å². The van der Waals surface area contributed by atoms with Gasteiger partial charge in [-0.1, -0.05) is 11.6 Å². The maximum absolute atomic E-state index is 13.2. The van der Waals surface area contributed by atoms with Gasteiger partial charge in [0.15, 0.2) is 11.6 Å². The smallest absolute Gasteiger partial charge is 0.257 e. The van der Waals surface area contributed by atoms with E-state index in [2.05, 4.69) is 10.3 Å². The minimum absolute atomic E-state index is 0.0543. The zero-order valence-electron chi connectivity index (χ0n) is 9.98. The maximum atomic E-state index is 13.2. The van der Waals surface area contributed by atoms with Gasteiger partial charge in [0.05, 0.1) is 17.7 Å². The fourth-order valence-electron chi connectivity index (χ4n) is 1.50. The average Bonchev–Trinajstić information content (AvgIpc) is 2.41. The molecule has 0 atom stereocenters. The van der Waals surface area contributed by atoms with Gasteiger partial charge in [-0.2, -0.15) is 0 Å². The Morgan fingerprint density at radius 3 is 2.89 bits per heavy atom. The van der Waals surface area contributed by atoms with Crippen molar-refractivity contribution in [1.82, 2.24) is 4.98 Å². The van der Waals surface area contributed by atoms with Crippen LogP contribution in [0, 0.1) is 5.82 Å². The molecule has 98 valence electrons. The molecule has 0 radical (unpaired) electrons. The molecule has 0 saturated heterocycles. The lowest BCUT2D eigenvalue weighted by atomic mass is 10.2. The van der Waals surface area contributed by atoms with Crippen LogP contribution in [0.1, 0.15) is 10.4 Å². The largest absolute Gasteiger partial charge is 0.494 e. The predicted molar refractivity (Wildman–Crippen MR) is 70.2 cm³/mol. The number of halogens is 2. The van der Waals surface area contributed by atoms with E-state index < -0.39 is 11.7 Å². The van der Waals surface area contributed by atoms with Gasteiger partial charge in [-0.3, -0.25) is 9.78 Å². The molecule has 2 rings (SSSR count). The third kappa shape index (κ3) is 3.00. The lowest BCUT2D eigenvalue weighted by molar-refractivity contribution is 0.102. The van der Waals surface area contributed by atoms with Crippen LogP contribution < -0.4 is 10.1 Å². The van der Waals surface area contributed by atoms with E-state index >= 15 is 0 Å². The van der Waals surface area contributed by atoms with Crippen LogP contribution >= 0.6 is 11.6 Å². The average molecular weight is 281 g/mol. The summed E-state index contributed by atoms with van der Waals surface area (Å²) in [5.74, 6) is -0.845. The number of benzene rings is 1.